The summed E-state index contributed by atoms with van der Waals surface area (Å²) in [6, 6.07) is 9.59. The second kappa shape index (κ2) is 8.13. The minimum atomic E-state index is -0.621. The van der Waals surface area contributed by atoms with Crippen molar-refractivity contribution in [1.29, 1.82) is 0 Å². The van der Waals surface area contributed by atoms with Gasteiger partial charge in [-0.1, -0.05) is 6.07 Å². The molecule has 0 fully saturated rings. The van der Waals surface area contributed by atoms with Gasteiger partial charge in [0.25, 0.3) is 5.91 Å². The molecule has 0 saturated carbocycles. The summed E-state index contributed by atoms with van der Waals surface area (Å²) in [6.45, 7) is 3.43. The molecule has 3 rings (SSSR count). The minimum absolute atomic E-state index is 0.297. The number of carbonyl (C=O) groups excluding carboxylic acids is 2. The quantitative estimate of drug-likeness (QED) is 0.660. The Morgan fingerprint density at radius 1 is 1.22 bits per heavy atom. The maximum Gasteiger partial charge on any atom is 0.342 e. The minimum Gasteiger partial charge on any atom is -0.452 e. The number of hydrogen-bond donors (Lipinski definition) is 1. The zero-order valence-electron chi connectivity index (χ0n) is 14.9. The molecule has 0 saturated heterocycles. The van der Waals surface area contributed by atoms with Crippen LogP contribution in [0.3, 0.4) is 0 Å². The Bertz CT molecular complexity index is 949. The Kier molecular flexibility index (Phi) is 5.66. The van der Waals surface area contributed by atoms with Crippen molar-refractivity contribution in [1.82, 2.24) is 15.1 Å². The van der Waals surface area contributed by atoms with Crippen molar-refractivity contribution >= 4 is 23.2 Å². The van der Waals surface area contributed by atoms with Gasteiger partial charge in [-0.15, -0.1) is 11.3 Å². The summed E-state index contributed by atoms with van der Waals surface area (Å²) >= 11 is 1.53. The zero-order valence-corrected chi connectivity index (χ0v) is 15.7. The van der Waals surface area contributed by atoms with Crippen LogP contribution in [0.5, 0.6) is 0 Å². The van der Waals surface area contributed by atoms with E-state index in [1.807, 2.05) is 17.5 Å². The second-order valence-corrected chi connectivity index (χ2v) is 6.90. The molecule has 8 heteroatoms. The molecule has 2 heterocycles. The molecule has 0 aliphatic carbocycles. The highest BCUT2D eigenvalue weighted by atomic mass is 32.1. The van der Waals surface area contributed by atoms with Gasteiger partial charge in [0, 0.05) is 4.88 Å². The van der Waals surface area contributed by atoms with Crippen molar-refractivity contribution in [3.63, 3.8) is 0 Å². The van der Waals surface area contributed by atoms with Gasteiger partial charge in [0.15, 0.2) is 6.61 Å². The third-order valence-electron chi connectivity index (χ3n) is 3.94. The fraction of sp³-hybridized carbons (Fsp3) is 0.211. The van der Waals surface area contributed by atoms with Gasteiger partial charge in [-0.3, -0.25) is 4.79 Å². The molecule has 27 heavy (non-hydrogen) atoms. The SMILES string of the molecule is Cc1nn(-c2ccc(F)cc2)c(C)c1C(=O)OCC(=O)NCc1cccs1. The van der Waals surface area contributed by atoms with Crippen LogP contribution in [-0.4, -0.2) is 28.3 Å². The molecular weight excluding hydrogens is 369 g/mol. The Morgan fingerprint density at radius 2 is 1.96 bits per heavy atom. The van der Waals surface area contributed by atoms with Crippen LogP contribution in [0.1, 0.15) is 26.6 Å². The fourth-order valence-electron chi connectivity index (χ4n) is 2.62. The number of aryl methyl sites for hydroxylation is 1. The van der Waals surface area contributed by atoms with E-state index in [1.165, 1.54) is 23.5 Å². The number of nitrogens with one attached hydrogen (secondary N) is 1. The van der Waals surface area contributed by atoms with Gasteiger partial charge in [0.05, 0.1) is 23.6 Å². The van der Waals surface area contributed by atoms with Gasteiger partial charge in [-0.05, 0) is 49.6 Å². The number of hydrogen-bond acceptors (Lipinski definition) is 5. The molecular formula is C19H18FN3O3S. The van der Waals surface area contributed by atoms with E-state index in [-0.39, 0.29) is 18.3 Å². The Labute approximate surface area is 159 Å². The molecule has 3 aromatic rings. The van der Waals surface area contributed by atoms with E-state index in [2.05, 4.69) is 10.4 Å². The van der Waals surface area contributed by atoms with Crippen LogP contribution in [0.25, 0.3) is 5.69 Å². The predicted molar refractivity (Wildman–Crippen MR) is 99.4 cm³/mol. The van der Waals surface area contributed by atoms with Gasteiger partial charge in [-0.25, -0.2) is 13.9 Å². The normalized spacial score (nSPS) is 10.6. The van der Waals surface area contributed by atoms with Crippen molar-refractivity contribution in [2.24, 2.45) is 0 Å². The third-order valence-corrected chi connectivity index (χ3v) is 4.82. The molecule has 1 aromatic carbocycles. The van der Waals surface area contributed by atoms with Crippen molar-refractivity contribution in [3.8, 4) is 5.69 Å². The number of benzene rings is 1. The predicted octanol–water partition coefficient (Wildman–Crippen LogP) is 3.16. The van der Waals surface area contributed by atoms with Crippen LogP contribution < -0.4 is 5.32 Å². The van der Waals surface area contributed by atoms with Crippen LogP contribution in [0.2, 0.25) is 0 Å². The first-order chi connectivity index (χ1) is 13.0. The average Bonchev–Trinajstić information content (AvgIpc) is 3.26. The van der Waals surface area contributed by atoms with Gasteiger partial charge >= 0.3 is 5.97 Å². The number of aromatic nitrogens is 2. The van der Waals surface area contributed by atoms with E-state index < -0.39 is 5.97 Å². The van der Waals surface area contributed by atoms with Crippen molar-refractivity contribution in [3.05, 3.63) is 69.4 Å². The maximum absolute atomic E-state index is 13.1. The summed E-state index contributed by atoms with van der Waals surface area (Å²) in [6.07, 6.45) is 0. The lowest BCUT2D eigenvalue weighted by Crippen LogP contribution is -2.28. The van der Waals surface area contributed by atoms with Gasteiger partial charge < -0.3 is 10.1 Å². The molecule has 0 aliphatic heterocycles. The maximum atomic E-state index is 13.1. The van der Waals surface area contributed by atoms with Gasteiger partial charge in [0.1, 0.15) is 11.4 Å². The monoisotopic (exact) mass is 387 g/mol. The molecule has 1 N–H and O–H groups in total. The number of amides is 1. The van der Waals surface area contributed by atoms with E-state index >= 15 is 0 Å². The Morgan fingerprint density at radius 3 is 2.63 bits per heavy atom. The summed E-state index contributed by atoms with van der Waals surface area (Å²) in [5.41, 5.74) is 1.96. The number of thiophene rings is 1. The molecule has 0 aliphatic rings. The van der Waals surface area contributed by atoms with Crippen LogP contribution in [0, 0.1) is 19.7 Å². The van der Waals surface area contributed by atoms with Crippen LogP contribution >= 0.6 is 11.3 Å². The van der Waals surface area contributed by atoms with E-state index in [9.17, 15) is 14.0 Å². The Hall–Kier alpha value is -3.00. The lowest BCUT2D eigenvalue weighted by atomic mass is 10.2. The number of nitrogens with zero attached hydrogens (tertiary/aromatic N) is 2. The van der Waals surface area contributed by atoms with Crippen molar-refractivity contribution in [2.45, 2.75) is 20.4 Å². The highest BCUT2D eigenvalue weighted by Gasteiger charge is 2.21. The molecule has 0 bridgehead atoms. The zero-order chi connectivity index (χ0) is 19.4. The summed E-state index contributed by atoms with van der Waals surface area (Å²) < 4.78 is 19.8. The highest BCUT2D eigenvalue weighted by molar-refractivity contribution is 7.09. The smallest absolute Gasteiger partial charge is 0.342 e. The molecule has 140 valence electrons. The van der Waals surface area contributed by atoms with Crippen LogP contribution in [0.15, 0.2) is 41.8 Å². The number of halogens is 1. The second-order valence-electron chi connectivity index (χ2n) is 5.87. The lowest BCUT2D eigenvalue weighted by Gasteiger charge is -2.07. The first-order valence-electron chi connectivity index (χ1n) is 8.24. The highest BCUT2D eigenvalue weighted by Crippen LogP contribution is 2.19. The largest absolute Gasteiger partial charge is 0.452 e. The summed E-state index contributed by atoms with van der Waals surface area (Å²) in [4.78, 5) is 25.3. The van der Waals surface area contributed by atoms with E-state index in [4.69, 9.17) is 4.74 Å². The molecule has 2 aromatic heterocycles. The number of carbonyl (C=O) groups is 2. The molecule has 6 nitrogen and oxygen atoms in total. The van der Waals surface area contributed by atoms with Crippen molar-refractivity contribution in [2.75, 3.05) is 6.61 Å². The Balaban J connectivity index is 1.64. The average molecular weight is 387 g/mol. The first-order valence-corrected chi connectivity index (χ1v) is 9.12. The summed E-state index contributed by atoms with van der Waals surface area (Å²) in [7, 11) is 0. The summed E-state index contributed by atoms with van der Waals surface area (Å²) in [5.74, 6) is -1.35. The van der Waals surface area contributed by atoms with Crippen molar-refractivity contribution < 1.29 is 18.7 Å². The van der Waals surface area contributed by atoms with E-state index in [0.717, 1.165) is 4.88 Å². The van der Waals surface area contributed by atoms with E-state index in [1.54, 1.807) is 30.7 Å². The molecule has 0 radical (unpaired) electrons. The standard InChI is InChI=1S/C19H18FN3O3S/c1-12-18(13(2)23(22-12)15-7-5-14(20)6-8-15)19(25)26-11-17(24)21-10-16-4-3-9-27-16/h3-9H,10-11H2,1-2H3,(H,21,24). The fourth-order valence-corrected chi connectivity index (χ4v) is 3.27. The number of esters is 1. The van der Waals surface area contributed by atoms with Crippen LogP contribution in [0.4, 0.5) is 4.39 Å². The molecule has 0 unspecified atom stereocenters. The topological polar surface area (TPSA) is 73.2 Å². The van der Waals surface area contributed by atoms with E-state index in [0.29, 0.717) is 29.2 Å². The molecule has 0 atom stereocenters. The number of ether oxygens (including phenoxy) is 1. The number of rotatable bonds is 6. The van der Waals surface area contributed by atoms with Gasteiger partial charge in [0.2, 0.25) is 0 Å². The molecule has 1 amide bonds. The van der Waals surface area contributed by atoms with Crippen LogP contribution in [-0.2, 0) is 16.1 Å². The third kappa shape index (κ3) is 4.40. The van der Waals surface area contributed by atoms with Gasteiger partial charge in [-0.2, -0.15) is 5.10 Å². The lowest BCUT2D eigenvalue weighted by molar-refractivity contribution is -0.124. The summed E-state index contributed by atoms with van der Waals surface area (Å²) in [5, 5.41) is 8.94. The molecule has 0 spiro atoms. The first kappa shape index (κ1) is 18.8.